The molecule has 2 aliphatic rings. The number of morpholine rings is 1. The molecule has 2 aliphatic heterocycles. The molecule has 1 amide bonds. The Labute approximate surface area is 173 Å². The molecule has 3 heterocycles. The van der Waals surface area contributed by atoms with Crippen molar-refractivity contribution in [3.63, 3.8) is 0 Å². The summed E-state index contributed by atoms with van der Waals surface area (Å²) >= 11 is 0. The van der Waals surface area contributed by atoms with Gasteiger partial charge in [0.1, 0.15) is 29.1 Å². The van der Waals surface area contributed by atoms with Gasteiger partial charge in [-0.15, -0.1) is 0 Å². The molecule has 1 atom stereocenters. The zero-order chi connectivity index (χ0) is 21.3. The zero-order valence-electron chi connectivity index (χ0n) is 16.6. The maximum atomic E-state index is 13.3. The third-order valence-corrected chi connectivity index (χ3v) is 5.45. The van der Waals surface area contributed by atoms with Crippen molar-refractivity contribution in [2.45, 2.75) is 13.0 Å². The van der Waals surface area contributed by atoms with Gasteiger partial charge in [0.05, 0.1) is 18.8 Å². The lowest BCUT2D eigenvalue weighted by Crippen LogP contribution is -2.42. The summed E-state index contributed by atoms with van der Waals surface area (Å²) in [5.74, 6) is -1.25. The molecule has 0 aliphatic carbocycles. The fraction of sp³-hybridized carbons (Fsp3) is 0.364. The molecule has 8 heteroatoms. The molecule has 30 heavy (non-hydrogen) atoms. The van der Waals surface area contributed by atoms with E-state index in [9.17, 15) is 19.1 Å². The highest BCUT2D eigenvalue weighted by atomic mass is 19.1. The Hall–Kier alpha value is -2.97. The van der Waals surface area contributed by atoms with E-state index in [1.165, 1.54) is 29.2 Å². The fourth-order valence-corrected chi connectivity index (χ4v) is 3.84. The molecular formula is C22H23FN2O5. The summed E-state index contributed by atoms with van der Waals surface area (Å²) in [6.07, 6.45) is 0. The number of ketones is 1. The van der Waals surface area contributed by atoms with Crippen LogP contribution in [0.3, 0.4) is 0 Å². The standard InChI is InChI=1S/C22H23FN2O5/c1-14-2-7-17(30-14)19-18(20(26)15-3-5-16(23)6-4-15)21(27)22(28)25(19)9-8-24-10-12-29-13-11-24/h2-7,19,26H,8-13H2,1H3. The maximum absolute atomic E-state index is 13.3. The monoisotopic (exact) mass is 414 g/mol. The number of carbonyl (C=O) groups excluding carboxylic acids is 2. The minimum Gasteiger partial charge on any atom is -0.507 e. The van der Waals surface area contributed by atoms with Gasteiger partial charge in [0.2, 0.25) is 0 Å². The predicted molar refractivity (Wildman–Crippen MR) is 106 cm³/mol. The van der Waals surface area contributed by atoms with E-state index >= 15 is 0 Å². The number of amides is 1. The molecule has 0 spiro atoms. The lowest BCUT2D eigenvalue weighted by molar-refractivity contribution is -0.140. The highest BCUT2D eigenvalue weighted by Gasteiger charge is 2.47. The van der Waals surface area contributed by atoms with Gasteiger partial charge >= 0.3 is 0 Å². The number of furan rings is 1. The Morgan fingerprint density at radius 2 is 1.80 bits per heavy atom. The Bertz CT molecular complexity index is 976. The lowest BCUT2D eigenvalue weighted by Gasteiger charge is -2.30. The SMILES string of the molecule is Cc1ccc(C2C(=C(O)c3ccc(F)cc3)C(=O)C(=O)N2CCN2CCOCC2)o1. The Morgan fingerprint density at radius 3 is 2.43 bits per heavy atom. The number of aryl methyl sites for hydroxylation is 1. The highest BCUT2D eigenvalue weighted by Crippen LogP contribution is 2.39. The second-order valence-corrected chi connectivity index (χ2v) is 7.40. The summed E-state index contributed by atoms with van der Waals surface area (Å²) in [6, 6.07) is 7.73. The largest absolute Gasteiger partial charge is 0.507 e. The molecule has 1 unspecified atom stereocenters. The number of Topliss-reactive ketones (excluding diaryl/α,β-unsaturated/α-hetero) is 1. The summed E-state index contributed by atoms with van der Waals surface area (Å²) in [6.45, 7) is 5.41. The Kier molecular flexibility index (Phi) is 5.69. The maximum Gasteiger partial charge on any atom is 0.295 e. The molecule has 158 valence electrons. The minimum atomic E-state index is -0.843. The zero-order valence-corrected chi connectivity index (χ0v) is 16.6. The number of aliphatic hydroxyl groups excluding tert-OH is 1. The molecule has 0 bridgehead atoms. The molecule has 1 aromatic carbocycles. The van der Waals surface area contributed by atoms with Gasteiger partial charge in [0.15, 0.2) is 0 Å². The lowest BCUT2D eigenvalue weighted by atomic mass is 9.99. The molecule has 2 fully saturated rings. The van der Waals surface area contributed by atoms with E-state index in [1.807, 2.05) is 0 Å². The van der Waals surface area contributed by atoms with E-state index in [-0.39, 0.29) is 16.9 Å². The smallest absolute Gasteiger partial charge is 0.295 e. The van der Waals surface area contributed by atoms with Gasteiger partial charge in [-0.05, 0) is 43.3 Å². The minimum absolute atomic E-state index is 0.0528. The van der Waals surface area contributed by atoms with Gasteiger partial charge in [-0.2, -0.15) is 0 Å². The first-order valence-corrected chi connectivity index (χ1v) is 9.86. The van der Waals surface area contributed by atoms with Crippen LogP contribution in [0.15, 0.2) is 46.4 Å². The quantitative estimate of drug-likeness (QED) is 0.460. The third-order valence-electron chi connectivity index (χ3n) is 5.45. The average molecular weight is 414 g/mol. The van der Waals surface area contributed by atoms with E-state index in [1.54, 1.807) is 19.1 Å². The summed E-state index contributed by atoms with van der Waals surface area (Å²) in [7, 11) is 0. The summed E-state index contributed by atoms with van der Waals surface area (Å²) < 4.78 is 24.4. The number of hydrogen-bond acceptors (Lipinski definition) is 6. The third kappa shape index (κ3) is 3.88. The van der Waals surface area contributed by atoms with Crippen LogP contribution < -0.4 is 0 Å². The molecule has 0 radical (unpaired) electrons. The number of benzene rings is 1. The first-order chi connectivity index (χ1) is 14.5. The number of likely N-dealkylation sites (tertiary alicyclic amines) is 1. The molecule has 4 rings (SSSR count). The van der Waals surface area contributed by atoms with Crippen LogP contribution in [0, 0.1) is 12.7 Å². The van der Waals surface area contributed by atoms with Crippen LogP contribution in [0.2, 0.25) is 0 Å². The molecule has 1 N–H and O–H groups in total. The number of carbonyl (C=O) groups is 2. The van der Waals surface area contributed by atoms with Crippen LogP contribution in [-0.4, -0.2) is 66.0 Å². The molecular weight excluding hydrogens is 391 g/mol. The van der Waals surface area contributed by atoms with E-state index in [0.717, 1.165) is 13.1 Å². The van der Waals surface area contributed by atoms with Gasteiger partial charge in [-0.3, -0.25) is 14.5 Å². The van der Waals surface area contributed by atoms with Crippen LogP contribution in [0.5, 0.6) is 0 Å². The van der Waals surface area contributed by atoms with Gasteiger partial charge in [0, 0.05) is 31.7 Å². The average Bonchev–Trinajstić information content (AvgIpc) is 3.28. The number of hydrogen-bond donors (Lipinski definition) is 1. The van der Waals surface area contributed by atoms with Crippen molar-refractivity contribution >= 4 is 17.4 Å². The summed E-state index contributed by atoms with van der Waals surface area (Å²) in [5, 5.41) is 10.9. The van der Waals surface area contributed by atoms with Crippen LogP contribution in [0.1, 0.15) is 23.1 Å². The number of aliphatic hydroxyl groups is 1. The highest BCUT2D eigenvalue weighted by molar-refractivity contribution is 6.46. The normalized spacial score (nSPS) is 22.1. The first kappa shape index (κ1) is 20.3. The number of nitrogens with zero attached hydrogens (tertiary/aromatic N) is 2. The van der Waals surface area contributed by atoms with Gasteiger partial charge < -0.3 is 19.2 Å². The summed E-state index contributed by atoms with van der Waals surface area (Å²) in [4.78, 5) is 29.3. The van der Waals surface area contributed by atoms with Crippen molar-refractivity contribution in [1.29, 1.82) is 0 Å². The van der Waals surface area contributed by atoms with E-state index in [4.69, 9.17) is 9.15 Å². The number of ether oxygens (including phenoxy) is 1. The molecule has 2 aromatic rings. The van der Waals surface area contributed by atoms with Crippen LogP contribution in [-0.2, 0) is 14.3 Å². The van der Waals surface area contributed by atoms with Gasteiger partial charge in [-0.25, -0.2) is 4.39 Å². The second-order valence-electron chi connectivity index (χ2n) is 7.40. The van der Waals surface area contributed by atoms with Crippen molar-refractivity contribution in [2.24, 2.45) is 0 Å². The number of halogens is 1. The van der Waals surface area contributed by atoms with Crippen LogP contribution >= 0.6 is 0 Å². The Balaban J connectivity index is 1.70. The molecule has 7 nitrogen and oxygen atoms in total. The van der Waals surface area contributed by atoms with Gasteiger partial charge in [0.25, 0.3) is 11.7 Å². The first-order valence-electron chi connectivity index (χ1n) is 9.86. The van der Waals surface area contributed by atoms with Crippen LogP contribution in [0.4, 0.5) is 4.39 Å². The predicted octanol–water partition coefficient (Wildman–Crippen LogP) is 2.48. The van der Waals surface area contributed by atoms with Crippen molar-refractivity contribution in [2.75, 3.05) is 39.4 Å². The van der Waals surface area contributed by atoms with E-state index < -0.39 is 23.5 Å². The Morgan fingerprint density at radius 1 is 1.10 bits per heavy atom. The molecule has 0 saturated carbocycles. The van der Waals surface area contributed by atoms with Crippen molar-refractivity contribution < 1.29 is 28.2 Å². The summed E-state index contributed by atoms with van der Waals surface area (Å²) in [5.41, 5.74) is 0.207. The molecule has 2 saturated heterocycles. The second kappa shape index (κ2) is 8.41. The van der Waals surface area contributed by atoms with Crippen molar-refractivity contribution in [3.8, 4) is 0 Å². The van der Waals surface area contributed by atoms with Gasteiger partial charge in [-0.1, -0.05) is 0 Å². The number of rotatable bonds is 5. The topological polar surface area (TPSA) is 83.2 Å². The van der Waals surface area contributed by atoms with E-state index in [2.05, 4.69) is 4.90 Å². The van der Waals surface area contributed by atoms with Crippen molar-refractivity contribution in [3.05, 3.63) is 64.9 Å². The molecule has 1 aromatic heterocycles. The fourth-order valence-electron chi connectivity index (χ4n) is 3.84. The van der Waals surface area contributed by atoms with Crippen molar-refractivity contribution in [1.82, 2.24) is 9.80 Å². The van der Waals surface area contributed by atoms with E-state index in [0.29, 0.717) is 37.8 Å². The van der Waals surface area contributed by atoms with Crippen LogP contribution in [0.25, 0.3) is 5.76 Å².